The summed E-state index contributed by atoms with van der Waals surface area (Å²) in [6.45, 7) is 8.16. The second kappa shape index (κ2) is 9.53. The molecule has 5 N–H and O–H groups in total. The Kier molecular flexibility index (Phi) is 6.77. The molecular weight excluding hydrogens is 384 g/mol. The number of hydrogen-bond donors (Lipinski definition) is 3. The quantitative estimate of drug-likeness (QED) is 0.679. The van der Waals surface area contributed by atoms with Gasteiger partial charge in [0.05, 0.1) is 17.9 Å². The van der Waals surface area contributed by atoms with Crippen molar-refractivity contribution in [3.63, 3.8) is 0 Å². The Morgan fingerprint density at radius 3 is 2.71 bits per heavy atom. The van der Waals surface area contributed by atoms with Gasteiger partial charge in [0, 0.05) is 13.1 Å². The number of hydrogen-bond acceptors (Lipinski definition) is 6. The third-order valence-electron chi connectivity index (χ3n) is 7.37. The average molecular weight is 423 g/mol. The Hall–Kier alpha value is -2.18. The number of nitrogens with zero attached hydrogens (tertiary/aromatic N) is 3. The number of anilines is 2. The van der Waals surface area contributed by atoms with Crippen LogP contribution in [-0.4, -0.2) is 36.1 Å². The fourth-order valence-electron chi connectivity index (χ4n) is 5.14. The highest BCUT2D eigenvalue weighted by atomic mass is 15.2. The molecule has 31 heavy (non-hydrogen) atoms. The monoisotopic (exact) mass is 422 g/mol. The molecule has 2 atom stereocenters. The number of aromatic nitrogens is 2. The molecule has 1 aromatic carbocycles. The summed E-state index contributed by atoms with van der Waals surface area (Å²) in [5.74, 6) is 2.05. The second-order valence-corrected chi connectivity index (χ2v) is 9.68. The molecule has 3 heterocycles. The number of benzene rings is 1. The summed E-state index contributed by atoms with van der Waals surface area (Å²) in [7, 11) is 0. The molecule has 0 aliphatic carbocycles. The molecule has 0 radical (unpaired) electrons. The number of nitrogen functional groups attached to an aromatic ring is 1. The lowest BCUT2D eigenvalue weighted by atomic mass is 9.80. The fourth-order valence-corrected chi connectivity index (χ4v) is 5.14. The van der Waals surface area contributed by atoms with Gasteiger partial charge in [-0.25, -0.2) is 4.98 Å². The van der Waals surface area contributed by atoms with E-state index in [0.717, 1.165) is 63.4 Å². The molecule has 4 rings (SSSR count). The lowest BCUT2D eigenvalue weighted by molar-refractivity contribution is 0.258. The van der Waals surface area contributed by atoms with E-state index in [1.54, 1.807) is 0 Å². The number of piperidine rings is 1. The van der Waals surface area contributed by atoms with Crippen LogP contribution < -0.4 is 21.7 Å². The molecule has 6 heteroatoms. The van der Waals surface area contributed by atoms with E-state index < -0.39 is 0 Å². The highest BCUT2D eigenvalue weighted by Gasteiger charge is 2.30. The van der Waals surface area contributed by atoms with Crippen molar-refractivity contribution < 1.29 is 0 Å². The van der Waals surface area contributed by atoms with E-state index in [1.807, 2.05) is 6.20 Å². The summed E-state index contributed by atoms with van der Waals surface area (Å²) in [4.78, 5) is 11.9. The molecular formula is C25H38N6. The van der Waals surface area contributed by atoms with E-state index in [1.165, 1.54) is 24.0 Å². The third-order valence-corrected chi connectivity index (χ3v) is 7.37. The lowest BCUT2D eigenvalue weighted by Crippen LogP contribution is -2.42. The van der Waals surface area contributed by atoms with E-state index in [-0.39, 0.29) is 11.5 Å². The highest BCUT2D eigenvalue weighted by Crippen LogP contribution is 2.34. The molecule has 1 aromatic heterocycles. The van der Waals surface area contributed by atoms with Crippen molar-refractivity contribution in [2.24, 2.45) is 11.1 Å². The third kappa shape index (κ3) is 4.85. The van der Waals surface area contributed by atoms with Crippen LogP contribution >= 0.6 is 0 Å². The molecule has 0 saturated carbocycles. The predicted molar refractivity (Wildman–Crippen MR) is 128 cm³/mol. The molecule has 1 saturated heterocycles. The van der Waals surface area contributed by atoms with Crippen LogP contribution in [0.1, 0.15) is 74.7 Å². The van der Waals surface area contributed by atoms with Crippen LogP contribution in [-0.2, 0) is 6.42 Å². The van der Waals surface area contributed by atoms with Gasteiger partial charge in [0.25, 0.3) is 0 Å². The van der Waals surface area contributed by atoms with Crippen molar-refractivity contribution >= 4 is 11.6 Å². The van der Waals surface area contributed by atoms with Crippen molar-refractivity contribution in [2.45, 2.75) is 64.3 Å². The summed E-state index contributed by atoms with van der Waals surface area (Å²) in [6, 6.07) is 8.97. The topological polar surface area (TPSA) is 93.1 Å². The molecule has 168 valence electrons. The highest BCUT2D eigenvalue weighted by molar-refractivity contribution is 5.47. The van der Waals surface area contributed by atoms with Crippen LogP contribution in [0.25, 0.3) is 0 Å². The lowest BCUT2D eigenvalue weighted by Gasteiger charge is -2.39. The Labute approximate surface area is 186 Å². The Morgan fingerprint density at radius 1 is 1.23 bits per heavy atom. The second-order valence-electron chi connectivity index (χ2n) is 9.68. The molecule has 2 aromatic rings. The van der Waals surface area contributed by atoms with Gasteiger partial charge in [-0.2, -0.15) is 0 Å². The normalized spacial score (nSPS) is 23.6. The van der Waals surface area contributed by atoms with E-state index in [0.29, 0.717) is 11.7 Å². The maximum atomic E-state index is 6.46. The van der Waals surface area contributed by atoms with Crippen molar-refractivity contribution in [3.05, 3.63) is 47.3 Å². The van der Waals surface area contributed by atoms with Crippen molar-refractivity contribution in [2.75, 3.05) is 36.8 Å². The number of nitrogens with two attached hydrogens (primary N) is 2. The van der Waals surface area contributed by atoms with Crippen LogP contribution in [0.5, 0.6) is 0 Å². The van der Waals surface area contributed by atoms with E-state index in [9.17, 15) is 0 Å². The van der Waals surface area contributed by atoms with Crippen LogP contribution in [0.4, 0.5) is 11.6 Å². The zero-order valence-corrected chi connectivity index (χ0v) is 19.1. The van der Waals surface area contributed by atoms with Gasteiger partial charge in [-0.15, -0.1) is 0 Å². The zero-order valence-electron chi connectivity index (χ0n) is 19.1. The van der Waals surface area contributed by atoms with Crippen LogP contribution in [0.2, 0.25) is 0 Å². The molecule has 2 unspecified atom stereocenters. The predicted octanol–water partition coefficient (Wildman–Crippen LogP) is 3.78. The van der Waals surface area contributed by atoms with Crippen LogP contribution in [0, 0.1) is 5.41 Å². The van der Waals surface area contributed by atoms with Crippen molar-refractivity contribution in [3.8, 4) is 0 Å². The molecule has 1 fully saturated rings. The van der Waals surface area contributed by atoms with Gasteiger partial charge >= 0.3 is 0 Å². The van der Waals surface area contributed by atoms with Gasteiger partial charge in [-0.05, 0) is 67.7 Å². The maximum Gasteiger partial charge on any atom is 0.149 e. The maximum absolute atomic E-state index is 6.46. The summed E-state index contributed by atoms with van der Waals surface area (Å²) in [5, 5.41) is 3.72. The first kappa shape index (κ1) is 22.0. The average Bonchev–Trinajstić information content (AvgIpc) is 2.77. The minimum atomic E-state index is 0.0900. The Balaban J connectivity index is 1.53. The van der Waals surface area contributed by atoms with Gasteiger partial charge < -0.3 is 21.7 Å². The SMILES string of the molecule is CCCC1CCNC(c2ncc(N3CCC(C)(CN)CC3)nc2N)Cc2ccccc21. The standard InChI is InChI=1S/C25H38N6/c1-3-6-18-9-12-28-21(15-19-7-4-5-8-20(18)19)23-24(27)30-22(16-29-23)31-13-10-25(2,17-26)11-14-31/h4-5,7-8,16,18,21,28H,3,6,9-15,17,26H2,1-2H3,(H2,27,30). The zero-order chi connectivity index (χ0) is 21.8. The molecule has 6 nitrogen and oxygen atoms in total. The minimum absolute atomic E-state index is 0.0900. The van der Waals surface area contributed by atoms with Crippen LogP contribution in [0.3, 0.4) is 0 Å². The fraction of sp³-hybridized carbons (Fsp3) is 0.600. The molecule has 2 aliphatic heterocycles. The summed E-state index contributed by atoms with van der Waals surface area (Å²) >= 11 is 0. The van der Waals surface area contributed by atoms with Crippen molar-refractivity contribution in [1.29, 1.82) is 0 Å². The smallest absolute Gasteiger partial charge is 0.149 e. The minimum Gasteiger partial charge on any atom is -0.382 e. The molecule has 0 amide bonds. The van der Waals surface area contributed by atoms with Crippen LogP contribution in [0.15, 0.2) is 30.5 Å². The molecule has 0 spiro atoms. The summed E-state index contributed by atoms with van der Waals surface area (Å²) in [5.41, 5.74) is 16.4. The van der Waals surface area contributed by atoms with E-state index in [4.69, 9.17) is 21.4 Å². The van der Waals surface area contributed by atoms with Gasteiger partial charge in [-0.1, -0.05) is 44.5 Å². The summed E-state index contributed by atoms with van der Waals surface area (Å²) < 4.78 is 0. The molecule has 0 bridgehead atoms. The Morgan fingerprint density at radius 2 is 2.00 bits per heavy atom. The number of fused-ring (bicyclic) bond motifs is 1. The summed E-state index contributed by atoms with van der Waals surface area (Å²) in [6.07, 6.45) is 8.54. The largest absolute Gasteiger partial charge is 0.382 e. The first-order chi connectivity index (χ1) is 15.0. The number of nitrogens with one attached hydrogen (secondary N) is 1. The van der Waals surface area contributed by atoms with Crippen molar-refractivity contribution in [1.82, 2.24) is 15.3 Å². The Bertz CT molecular complexity index is 874. The van der Waals surface area contributed by atoms with E-state index >= 15 is 0 Å². The van der Waals surface area contributed by atoms with Gasteiger partial charge in [0.15, 0.2) is 0 Å². The van der Waals surface area contributed by atoms with E-state index in [2.05, 4.69) is 48.3 Å². The van der Waals surface area contributed by atoms with Gasteiger partial charge in [0.1, 0.15) is 11.6 Å². The van der Waals surface area contributed by atoms with Gasteiger partial charge in [0.2, 0.25) is 0 Å². The molecule has 2 aliphatic rings. The number of rotatable bonds is 5. The first-order valence-electron chi connectivity index (χ1n) is 11.9. The first-order valence-corrected chi connectivity index (χ1v) is 11.9. The van der Waals surface area contributed by atoms with Gasteiger partial charge in [-0.3, -0.25) is 4.98 Å².